The fraction of sp³-hybridized carbons (Fsp3) is 0.125. The first kappa shape index (κ1) is 23.2. The second kappa shape index (κ2) is 10.6. The molecule has 0 aliphatic carbocycles. The molecule has 0 amide bonds. The molecular weight excluding hydrogens is 418 g/mol. The summed E-state index contributed by atoms with van der Waals surface area (Å²) in [7, 11) is -1.85. The number of halogens is 2. The van der Waals surface area contributed by atoms with E-state index in [9.17, 15) is 0 Å². The second-order valence-corrected chi connectivity index (χ2v) is 10.2. The molecule has 0 N–H and O–H groups in total. The molecule has 0 atom stereocenters. The topological polar surface area (TPSA) is 17.8 Å². The normalized spacial score (nSPS) is 10.7. The van der Waals surface area contributed by atoms with Gasteiger partial charge in [0.25, 0.3) is 0 Å². The van der Waals surface area contributed by atoms with Gasteiger partial charge in [-0.2, -0.15) is 0 Å². The number of aryl methyl sites for hydroxylation is 1. The van der Waals surface area contributed by atoms with E-state index in [1.165, 1.54) is 15.9 Å². The number of rotatable bonds is 6. The Labute approximate surface area is 186 Å². The molecule has 1 aromatic heterocycles. The van der Waals surface area contributed by atoms with Gasteiger partial charge >= 0.3 is 0 Å². The number of aromatic nitrogens is 2. The van der Waals surface area contributed by atoms with Crippen molar-refractivity contribution < 1.29 is 12.4 Å². The van der Waals surface area contributed by atoms with Crippen molar-refractivity contribution in [2.45, 2.75) is 19.6 Å². The van der Waals surface area contributed by atoms with Crippen molar-refractivity contribution in [1.82, 2.24) is 9.55 Å². The lowest BCUT2D eigenvalue weighted by Crippen LogP contribution is -3.00. The van der Waals surface area contributed by atoms with Gasteiger partial charge in [0.2, 0.25) is 0 Å². The van der Waals surface area contributed by atoms with Gasteiger partial charge in [0.05, 0.1) is 12.0 Å². The van der Waals surface area contributed by atoms with E-state index in [1.54, 1.807) is 0 Å². The lowest BCUT2D eigenvalue weighted by Gasteiger charge is -2.27. The molecular formula is C24H25Cl2N2P. The highest BCUT2D eigenvalue weighted by atomic mass is 35.5. The van der Waals surface area contributed by atoms with Gasteiger partial charge in [-0.15, -0.1) is 12.4 Å². The Kier molecular flexibility index (Phi) is 8.46. The average Bonchev–Trinajstić information content (AvgIpc) is 3.21. The fourth-order valence-corrected chi connectivity index (χ4v) is 7.81. The van der Waals surface area contributed by atoms with Gasteiger partial charge in [0.15, 0.2) is 0 Å². The standard InChI is InChI=1S/C24H24N2P.2ClH/c1-2-26-18-21(25-20-26)19-27(22-12-6-3-7-13-22,23-14-8-4-9-15-23)24-16-10-5-11-17-24;;/h3-18,20H,2,19H2,1H3;2*1H/q+1;;/p-1. The summed E-state index contributed by atoms with van der Waals surface area (Å²) in [5, 5.41) is 4.19. The maximum atomic E-state index is 4.74. The van der Waals surface area contributed by atoms with Crippen LogP contribution in [-0.2, 0) is 12.7 Å². The lowest BCUT2D eigenvalue weighted by atomic mass is 10.4. The molecule has 0 saturated heterocycles. The van der Waals surface area contributed by atoms with Crippen LogP contribution in [0.1, 0.15) is 12.6 Å². The van der Waals surface area contributed by atoms with Gasteiger partial charge in [0, 0.05) is 12.7 Å². The summed E-state index contributed by atoms with van der Waals surface area (Å²) in [6, 6.07) is 32.9. The third-order valence-corrected chi connectivity index (χ3v) is 9.38. The molecule has 0 bridgehead atoms. The Morgan fingerprint density at radius 2 is 1.14 bits per heavy atom. The van der Waals surface area contributed by atoms with Gasteiger partial charge in [-0.05, 0) is 43.3 Å². The fourth-order valence-electron chi connectivity index (χ4n) is 3.67. The highest BCUT2D eigenvalue weighted by Crippen LogP contribution is 2.57. The quantitative estimate of drug-likeness (QED) is 0.416. The predicted octanol–water partition coefficient (Wildman–Crippen LogP) is 1.82. The molecule has 2 nitrogen and oxygen atoms in total. The molecule has 0 saturated carbocycles. The van der Waals surface area contributed by atoms with Crippen molar-refractivity contribution >= 4 is 35.6 Å². The van der Waals surface area contributed by atoms with E-state index in [1.807, 2.05) is 6.33 Å². The molecule has 4 aromatic rings. The van der Waals surface area contributed by atoms with Crippen molar-refractivity contribution in [3.05, 3.63) is 109 Å². The molecule has 0 radical (unpaired) electrons. The first-order valence-corrected chi connectivity index (χ1v) is 11.4. The zero-order valence-corrected chi connectivity index (χ0v) is 18.8. The van der Waals surface area contributed by atoms with Crippen LogP contribution in [-0.4, -0.2) is 9.55 Å². The maximum Gasteiger partial charge on any atom is 0.118 e. The van der Waals surface area contributed by atoms with E-state index in [2.05, 4.69) is 109 Å². The first-order chi connectivity index (χ1) is 13.3. The molecule has 0 aliphatic heterocycles. The van der Waals surface area contributed by atoms with Crippen LogP contribution in [0, 0.1) is 0 Å². The Morgan fingerprint density at radius 3 is 1.48 bits per heavy atom. The summed E-state index contributed by atoms with van der Waals surface area (Å²) in [6.07, 6.45) is 5.08. The second-order valence-electron chi connectivity index (χ2n) is 6.67. The molecule has 0 unspecified atom stereocenters. The number of nitrogens with zero attached hydrogens (tertiary/aromatic N) is 2. The van der Waals surface area contributed by atoms with Gasteiger partial charge in [-0.3, -0.25) is 0 Å². The molecule has 3 aromatic carbocycles. The van der Waals surface area contributed by atoms with Gasteiger partial charge < -0.3 is 17.0 Å². The van der Waals surface area contributed by atoms with E-state index >= 15 is 0 Å². The van der Waals surface area contributed by atoms with E-state index < -0.39 is 7.26 Å². The molecule has 29 heavy (non-hydrogen) atoms. The largest absolute Gasteiger partial charge is 1.00 e. The third-order valence-electron chi connectivity index (χ3n) is 5.04. The van der Waals surface area contributed by atoms with E-state index in [0.29, 0.717) is 0 Å². The van der Waals surface area contributed by atoms with Gasteiger partial charge in [-0.25, -0.2) is 4.98 Å². The van der Waals surface area contributed by atoms with Crippen molar-refractivity contribution in [3.63, 3.8) is 0 Å². The molecule has 0 aliphatic rings. The number of benzene rings is 3. The minimum Gasteiger partial charge on any atom is -1.00 e. The van der Waals surface area contributed by atoms with Crippen LogP contribution < -0.4 is 28.3 Å². The lowest BCUT2D eigenvalue weighted by molar-refractivity contribution is -0.00000562. The Hall–Kier alpha value is -2.12. The predicted molar refractivity (Wildman–Crippen MR) is 124 cm³/mol. The molecule has 0 fully saturated rings. The Morgan fingerprint density at radius 1 is 0.724 bits per heavy atom. The summed E-state index contributed by atoms with van der Waals surface area (Å²) in [5.41, 5.74) is 1.15. The summed E-state index contributed by atoms with van der Waals surface area (Å²) in [6.45, 7) is 3.10. The highest BCUT2D eigenvalue weighted by molar-refractivity contribution is 7.95. The minimum absolute atomic E-state index is 0. The number of hydrogen-bond donors (Lipinski definition) is 0. The number of hydrogen-bond acceptors (Lipinski definition) is 1. The Bertz CT molecular complexity index is 892. The van der Waals surface area contributed by atoms with E-state index in [-0.39, 0.29) is 24.8 Å². The van der Waals surface area contributed by atoms with Crippen LogP contribution >= 0.6 is 19.7 Å². The van der Waals surface area contributed by atoms with Crippen LogP contribution in [0.3, 0.4) is 0 Å². The van der Waals surface area contributed by atoms with Crippen LogP contribution in [0.4, 0.5) is 0 Å². The summed E-state index contributed by atoms with van der Waals surface area (Å²) in [5.74, 6) is 0. The van der Waals surface area contributed by atoms with Gasteiger partial charge in [0.1, 0.15) is 29.3 Å². The number of imidazole rings is 1. The summed E-state index contributed by atoms with van der Waals surface area (Å²) in [4.78, 5) is 4.74. The van der Waals surface area contributed by atoms with E-state index in [0.717, 1.165) is 18.4 Å². The van der Waals surface area contributed by atoms with Crippen molar-refractivity contribution in [1.29, 1.82) is 0 Å². The minimum atomic E-state index is -1.85. The molecule has 4 rings (SSSR count). The summed E-state index contributed by atoms with van der Waals surface area (Å²) >= 11 is 0. The smallest absolute Gasteiger partial charge is 0.118 e. The highest BCUT2D eigenvalue weighted by Gasteiger charge is 2.45. The van der Waals surface area contributed by atoms with Crippen LogP contribution in [0.15, 0.2) is 104 Å². The summed E-state index contributed by atoms with van der Waals surface area (Å²) < 4.78 is 2.16. The van der Waals surface area contributed by atoms with Crippen molar-refractivity contribution in [2.75, 3.05) is 0 Å². The van der Waals surface area contributed by atoms with Crippen LogP contribution in [0.2, 0.25) is 0 Å². The Balaban J connectivity index is 0.00000150. The average molecular weight is 443 g/mol. The van der Waals surface area contributed by atoms with Crippen LogP contribution in [0.25, 0.3) is 0 Å². The zero-order chi connectivity index (χ0) is 18.5. The van der Waals surface area contributed by atoms with Crippen molar-refractivity contribution in [2.24, 2.45) is 0 Å². The van der Waals surface area contributed by atoms with Gasteiger partial charge in [-0.1, -0.05) is 54.6 Å². The zero-order valence-electron chi connectivity index (χ0n) is 16.4. The molecule has 0 spiro atoms. The molecule has 5 heteroatoms. The third kappa shape index (κ3) is 4.73. The SMILES string of the molecule is CCn1cnc(C[P+](c2ccccc2)(c2ccccc2)c2ccccc2)c1.Cl.[Cl-]. The van der Waals surface area contributed by atoms with Crippen molar-refractivity contribution in [3.8, 4) is 0 Å². The maximum absolute atomic E-state index is 4.74. The van der Waals surface area contributed by atoms with E-state index in [4.69, 9.17) is 4.98 Å². The first-order valence-electron chi connectivity index (χ1n) is 9.38. The molecule has 150 valence electrons. The molecule has 1 heterocycles. The monoisotopic (exact) mass is 442 g/mol. The van der Waals surface area contributed by atoms with Crippen LogP contribution in [0.5, 0.6) is 0 Å².